The first-order valence-electron chi connectivity index (χ1n) is 13.6. The van der Waals surface area contributed by atoms with E-state index in [9.17, 15) is 35.9 Å². The highest BCUT2D eigenvalue weighted by atomic mass is 19.4. The summed E-state index contributed by atoms with van der Waals surface area (Å²) in [6.07, 6.45) is -7.37. The topological polar surface area (TPSA) is 102 Å². The van der Waals surface area contributed by atoms with Crippen LogP contribution in [0.25, 0.3) is 5.82 Å². The molecule has 1 aliphatic carbocycles. The Bertz CT molecular complexity index is 1470. The summed E-state index contributed by atoms with van der Waals surface area (Å²) < 4.78 is 86.9. The van der Waals surface area contributed by atoms with Crippen LogP contribution in [0.2, 0.25) is 0 Å². The van der Waals surface area contributed by atoms with Crippen molar-refractivity contribution in [2.75, 3.05) is 13.1 Å². The molecule has 1 N–H and O–H groups in total. The molecule has 3 unspecified atom stereocenters. The van der Waals surface area contributed by atoms with Gasteiger partial charge in [-0.15, -0.1) is 5.10 Å². The minimum atomic E-state index is -5.10. The van der Waals surface area contributed by atoms with Gasteiger partial charge in [0.25, 0.3) is 11.8 Å². The maximum atomic E-state index is 13.3. The highest BCUT2D eigenvalue weighted by Crippen LogP contribution is 2.39. The lowest BCUT2D eigenvalue weighted by Gasteiger charge is -2.35. The summed E-state index contributed by atoms with van der Waals surface area (Å²) in [7, 11) is 0. The molecular weight excluding hydrogens is 582 g/mol. The molecular formula is C28H28F6N6O3. The Kier molecular flexibility index (Phi) is 7.96. The zero-order chi connectivity index (χ0) is 31.3. The quantitative estimate of drug-likeness (QED) is 0.380. The Morgan fingerprint density at radius 1 is 0.953 bits per heavy atom. The summed E-state index contributed by atoms with van der Waals surface area (Å²) in [6.45, 7) is 6.09. The van der Waals surface area contributed by atoms with Crippen LogP contribution in [0.15, 0.2) is 36.5 Å². The van der Waals surface area contributed by atoms with Crippen LogP contribution in [0, 0.1) is 0 Å². The number of nitrogens with one attached hydrogen (secondary N) is 1. The third-order valence-corrected chi connectivity index (χ3v) is 7.09. The lowest BCUT2D eigenvalue weighted by atomic mass is 10.0. The number of benzene rings is 1. The first-order chi connectivity index (χ1) is 20.1. The van der Waals surface area contributed by atoms with E-state index in [1.54, 1.807) is 17.0 Å². The van der Waals surface area contributed by atoms with Gasteiger partial charge in [0.05, 0.1) is 34.9 Å². The third kappa shape index (κ3) is 6.81. The van der Waals surface area contributed by atoms with Gasteiger partial charge in [0.15, 0.2) is 17.5 Å². The molecule has 5 rings (SSSR count). The average molecular weight is 611 g/mol. The fourth-order valence-electron chi connectivity index (χ4n) is 4.90. The molecule has 15 heteroatoms. The van der Waals surface area contributed by atoms with E-state index in [2.05, 4.69) is 20.4 Å². The predicted molar refractivity (Wildman–Crippen MR) is 139 cm³/mol. The molecule has 1 aromatic carbocycles. The van der Waals surface area contributed by atoms with E-state index in [1.165, 1.54) is 17.8 Å². The number of aromatic nitrogens is 4. The van der Waals surface area contributed by atoms with Crippen molar-refractivity contribution in [1.82, 2.24) is 30.0 Å². The Hall–Kier alpha value is -4.01. The van der Waals surface area contributed by atoms with Crippen molar-refractivity contribution in [3.8, 4) is 5.82 Å². The molecule has 1 saturated carbocycles. The molecule has 43 heavy (non-hydrogen) atoms. The van der Waals surface area contributed by atoms with Crippen molar-refractivity contribution in [2.24, 2.45) is 0 Å². The minimum absolute atomic E-state index is 0.0426. The van der Waals surface area contributed by atoms with Crippen molar-refractivity contribution in [3.63, 3.8) is 0 Å². The highest BCUT2D eigenvalue weighted by Gasteiger charge is 2.38. The van der Waals surface area contributed by atoms with Crippen molar-refractivity contribution < 1.29 is 40.7 Å². The van der Waals surface area contributed by atoms with Crippen LogP contribution >= 0.6 is 0 Å². The van der Waals surface area contributed by atoms with Gasteiger partial charge in [-0.2, -0.15) is 31.0 Å². The average Bonchev–Trinajstić information content (AvgIpc) is 3.69. The molecule has 3 atom stereocenters. The lowest BCUT2D eigenvalue weighted by molar-refractivity contribution is -0.143. The molecule has 3 heterocycles. The summed E-state index contributed by atoms with van der Waals surface area (Å²) in [5, 5.41) is 6.94. The van der Waals surface area contributed by atoms with Crippen LogP contribution < -0.4 is 5.32 Å². The smallest absolute Gasteiger partial charge is 0.372 e. The Labute approximate surface area is 242 Å². The second kappa shape index (κ2) is 11.2. The lowest BCUT2D eigenvalue weighted by Crippen LogP contribution is -2.48. The minimum Gasteiger partial charge on any atom is -0.372 e. The van der Waals surface area contributed by atoms with Crippen LogP contribution in [-0.2, 0) is 17.1 Å². The standard InChI is InChI=1S/C28H28F6N6O3/c1-14-12-39(13-15(2)43-14)26(42)18-6-7-22(35-11-18)40-24(37-23(38-40)17-4-5-17)16(3)36-25(41)19-8-20(27(29,30)31)10-21(9-19)28(32,33)34/h6-11,14-17H,4-5,12-13H2,1-3H3,(H,36,41). The van der Waals surface area contributed by atoms with Crippen molar-refractivity contribution >= 4 is 11.8 Å². The summed E-state index contributed by atoms with van der Waals surface area (Å²) in [5.41, 5.74) is -3.67. The van der Waals surface area contributed by atoms with Gasteiger partial charge in [-0.25, -0.2) is 9.97 Å². The fourth-order valence-corrected chi connectivity index (χ4v) is 4.90. The van der Waals surface area contributed by atoms with Crippen LogP contribution in [0.3, 0.4) is 0 Å². The zero-order valence-electron chi connectivity index (χ0n) is 23.3. The fraction of sp³-hybridized carbons (Fsp3) is 0.464. The molecule has 230 valence electrons. The first-order valence-corrected chi connectivity index (χ1v) is 13.6. The highest BCUT2D eigenvalue weighted by molar-refractivity contribution is 5.95. The number of carbonyl (C=O) groups is 2. The zero-order valence-corrected chi connectivity index (χ0v) is 23.3. The van der Waals surface area contributed by atoms with E-state index in [0.29, 0.717) is 36.6 Å². The molecule has 2 aliphatic rings. The van der Waals surface area contributed by atoms with Crippen molar-refractivity contribution in [1.29, 1.82) is 0 Å². The number of morpholine rings is 1. The van der Waals surface area contributed by atoms with Crippen LogP contribution in [0.5, 0.6) is 0 Å². The Morgan fingerprint density at radius 3 is 2.07 bits per heavy atom. The van der Waals surface area contributed by atoms with Gasteiger partial charge in [0, 0.05) is 30.8 Å². The molecule has 0 spiro atoms. The van der Waals surface area contributed by atoms with E-state index < -0.39 is 41.0 Å². The number of alkyl halides is 6. The van der Waals surface area contributed by atoms with Crippen LogP contribution in [-0.4, -0.2) is 61.8 Å². The largest absolute Gasteiger partial charge is 0.416 e. The first kappa shape index (κ1) is 30.4. The molecule has 2 amide bonds. The van der Waals surface area contributed by atoms with Gasteiger partial charge in [-0.3, -0.25) is 9.59 Å². The number of hydrogen-bond acceptors (Lipinski definition) is 6. The molecule has 1 saturated heterocycles. The van der Waals surface area contributed by atoms with Gasteiger partial charge < -0.3 is 15.0 Å². The molecule has 9 nitrogen and oxygen atoms in total. The SMILES string of the molecule is CC1CN(C(=O)c2ccc(-n3nc(C4CC4)nc3C(C)NC(=O)c3cc(C(F)(F)F)cc(C(F)(F)F)c3)nc2)CC(C)O1. The van der Waals surface area contributed by atoms with Crippen LogP contribution in [0.4, 0.5) is 26.3 Å². The van der Waals surface area contributed by atoms with Gasteiger partial charge >= 0.3 is 12.4 Å². The second-order valence-electron chi connectivity index (χ2n) is 10.9. The van der Waals surface area contributed by atoms with Gasteiger partial charge in [0.1, 0.15) is 0 Å². The van der Waals surface area contributed by atoms with Crippen molar-refractivity contribution in [3.05, 3.63) is 70.4 Å². The third-order valence-electron chi connectivity index (χ3n) is 7.09. The number of pyridine rings is 1. The summed E-state index contributed by atoms with van der Waals surface area (Å²) in [6, 6.07) is 2.82. The number of hydrogen-bond donors (Lipinski definition) is 1. The number of ether oxygens (including phenoxy) is 1. The van der Waals surface area contributed by atoms with Gasteiger partial charge in [0.2, 0.25) is 0 Å². The number of carbonyl (C=O) groups excluding carboxylic acids is 2. The predicted octanol–water partition coefficient (Wildman–Crippen LogP) is 5.32. The molecule has 2 aromatic heterocycles. The molecule has 0 bridgehead atoms. The van der Waals surface area contributed by atoms with E-state index in [1.807, 2.05) is 13.8 Å². The van der Waals surface area contributed by atoms with Crippen molar-refractivity contribution in [2.45, 2.75) is 70.1 Å². The summed E-state index contributed by atoms with van der Waals surface area (Å²) in [5.74, 6) is -0.414. The van der Waals surface area contributed by atoms with E-state index >= 15 is 0 Å². The Balaban J connectivity index is 1.40. The van der Waals surface area contributed by atoms with Gasteiger partial charge in [-0.1, -0.05) is 0 Å². The monoisotopic (exact) mass is 610 g/mol. The maximum absolute atomic E-state index is 13.3. The molecule has 3 aromatic rings. The number of rotatable bonds is 6. The van der Waals surface area contributed by atoms with Crippen LogP contribution in [0.1, 0.15) is 89.1 Å². The van der Waals surface area contributed by atoms with E-state index in [4.69, 9.17) is 4.74 Å². The summed E-state index contributed by atoms with van der Waals surface area (Å²) in [4.78, 5) is 36.5. The second-order valence-corrected chi connectivity index (χ2v) is 10.9. The number of nitrogens with zero attached hydrogens (tertiary/aromatic N) is 5. The van der Waals surface area contributed by atoms with E-state index in [-0.39, 0.29) is 41.7 Å². The number of halogens is 6. The maximum Gasteiger partial charge on any atom is 0.416 e. The molecule has 1 aliphatic heterocycles. The number of amides is 2. The van der Waals surface area contributed by atoms with E-state index in [0.717, 1.165) is 12.8 Å². The molecule has 2 fully saturated rings. The normalized spacial score (nSPS) is 20.2. The summed E-state index contributed by atoms with van der Waals surface area (Å²) >= 11 is 0. The molecule has 0 radical (unpaired) electrons. The Morgan fingerprint density at radius 2 is 1.56 bits per heavy atom. The van der Waals surface area contributed by atoms with Gasteiger partial charge in [-0.05, 0) is 63.9 Å².